The zero-order chi connectivity index (χ0) is 11.6. The largest absolute Gasteiger partial charge is 0.395 e. The fourth-order valence-electron chi connectivity index (χ4n) is 1.15. The average molecular weight is 238 g/mol. The molecule has 88 valence electrons. The van der Waals surface area contributed by atoms with Crippen LogP contribution < -0.4 is 0 Å². The van der Waals surface area contributed by atoms with Gasteiger partial charge in [0.15, 0.2) is 0 Å². The molecule has 0 saturated heterocycles. The first-order valence-corrected chi connectivity index (χ1v) is 6.44. The van der Waals surface area contributed by atoms with Crippen molar-refractivity contribution in [2.45, 2.75) is 32.8 Å². The molecule has 1 aromatic heterocycles. The Bertz CT molecular complexity index is 346. The van der Waals surface area contributed by atoms with Gasteiger partial charge in [0, 0.05) is 17.9 Å². The third-order valence-electron chi connectivity index (χ3n) is 2.00. The molecule has 0 radical (unpaired) electrons. The van der Waals surface area contributed by atoms with Gasteiger partial charge in [-0.05, 0) is 18.6 Å². The zero-order valence-corrected chi connectivity index (χ0v) is 10.5. The molecule has 1 heterocycles. The molecular weight excluding hydrogens is 220 g/mol. The maximum atomic E-state index is 8.60. The molecule has 0 aliphatic rings. The fraction of sp³-hybridized carbons (Fsp3) is 0.538. The third-order valence-corrected chi connectivity index (χ3v) is 2.97. The van der Waals surface area contributed by atoms with Crippen molar-refractivity contribution in [2.24, 2.45) is 0 Å². The maximum absolute atomic E-state index is 8.60. The molecule has 0 saturated carbocycles. The summed E-state index contributed by atoms with van der Waals surface area (Å²) in [6.45, 7) is 3.81. The molecule has 3 heteroatoms. The lowest BCUT2D eigenvalue weighted by atomic mass is 10.4. The van der Waals surface area contributed by atoms with E-state index < -0.39 is 0 Å². The van der Waals surface area contributed by atoms with Crippen molar-refractivity contribution in [3.63, 3.8) is 0 Å². The van der Waals surface area contributed by atoms with Crippen molar-refractivity contribution in [2.75, 3.05) is 13.2 Å². The highest BCUT2D eigenvalue weighted by Crippen LogP contribution is 2.16. The number of aliphatic hydroxyl groups is 1. The Hall–Kier alpha value is -0.820. The summed E-state index contributed by atoms with van der Waals surface area (Å²) in [6.07, 6.45) is 2.83. The fourth-order valence-corrected chi connectivity index (χ4v) is 1.97. The van der Waals surface area contributed by atoms with Crippen LogP contribution in [0, 0.1) is 11.8 Å². The van der Waals surface area contributed by atoms with Gasteiger partial charge in [0.2, 0.25) is 0 Å². The Morgan fingerprint density at radius 3 is 3.06 bits per heavy atom. The Morgan fingerprint density at radius 2 is 2.31 bits per heavy atom. The molecule has 1 N–H and O–H groups in total. The topological polar surface area (TPSA) is 29.5 Å². The van der Waals surface area contributed by atoms with Gasteiger partial charge in [-0.2, -0.15) is 0 Å². The summed E-state index contributed by atoms with van der Waals surface area (Å²) < 4.78 is 5.52. The molecule has 0 fully saturated rings. The molecule has 0 unspecified atom stereocenters. The van der Waals surface area contributed by atoms with Gasteiger partial charge in [0.05, 0.1) is 18.1 Å². The van der Waals surface area contributed by atoms with Crippen LogP contribution in [0.5, 0.6) is 0 Å². The summed E-state index contributed by atoms with van der Waals surface area (Å²) in [6, 6.07) is 4.06. The number of thiophene rings is 1. The first-order valence-electron chi connectivity index (χ1n) is 5.63. The molecule has 0 spiro atoms. The van der Waals surface area contributed by atoms with Crippen molar-refractivity contribution < 1.29 is 9.84 Å². The van der Waals surface area contributed by atoms with E-state index in [0.717, 1.165) is 17.9 Å². The van der Waals surface area contributed by atoms with Crippen LogP contribution >= 0.6 is 11.3 Å². The van der Waals surface area contributed by atoms with E-state index in [9.17, 15) is 0 Å². The van der Waals surface area contributed by atoms with Crippen LogP contribution in [0.4, 0.5) is 0 Å². The molecule has 0 amide bonds. The van der Waals surface area contributed by atoms with E-state index in [1.54, 1.807) is 11.3 Å². The van der Waals surface area contributed by atoms with Crippen molar-refractivity contribution >= 4 is 11.3 Å². The Balaban J connectivity index is 2.31. The summed E-state index contributed by atoms with van der Waals surface area (Å²) in [5.41, 5.74) is 0. The number of rotatable bonds is 6. The van der Waals surface area contributed by atoms with E-state index in [0.29, 0.717) is 13.0 Å². The van der Waals surface area contributed by atoms with E-state index in [1.807, 2.05) is 6.07 Å². The van der Waals surface area contributed by atoms with Crippen LogP contribution in [0.3, 0.4) is 0 Å². The van der Waals surface area contributed by atoms with E-state index in [4.69, 9.17) is 9.84 Å². The van der Waals surface area contributed by atoms with E-state index in [1.165, 1.54) is 11.3 Å². The highest BCUT2D eigenvalue weighted by atomic mass is 32.1. The monoisotopic (exact) mass is 238 g/mol. The first kappa shape index (κ1) is 13.2. The highest BCUT2D eigenvalue weighted by molar-refractivity contribution is 7.12. The van der Waals surface area contributed by atoms with Gasteiger partial charge in [-0.1, -0.05) is 25.2 Å². The van der Waals surface area contributed by atoms with Gasteiger partial charge >= 0.3 is 0 Å². The SMILES string of the molecule is CCCCOCc1ccc(C#CCCO)s1. The summed E-state index contributed by atoms with van der Waals surface area (Å²) in [5.74, 6) is 5.93. The van der Waals surface area contributed by atoms with Crippen LogP contribution in [0.25, 0.3) is 0 Å². The second kappa shape index (κ2) is 8.35. The second-order valence-electron chi connectivity index (χ2n) is 3.45. The molecular formula is C13H18O2S. The number of hydrogen-bond donors (Lipinski definition) is 1. The van der Waals surface area contributed by atoms with Crippen LogP contribution in [-0.4, -0.2) is 18.3 Å². The second-order valence-corrected chi connectivity index (χ2v) is 4.62. The van der Waals surface area contributed by atoms with Gasteiger partial charge in [-0.15, -0.1) is 11.3 Å². The lowest BCUT2D eigenvalue weighted by Crippen LogP contribution is -1.92. The third kappa shape index (κ3) is 5.32. The zero-order valence-electron chi connectivity index (χ0n) is 9.66. The minimum Gasteiger partial charge on any atom is -0.395 e. The van der Waals surface area contributed by atoms with Crippen molar-refractivity contribution in [3.8, 4) is 11.8 Å². The number of unbranched alkanes of at least 4 members (excludes halogenated alkanes) is 1. The number of ether oxygens (including phenoxy) is 1. The Kier molecular flexibility index (Phi) is 6.91. The molecule has 0 atom stereocenters. The van der Waals surface area contributed by atoms with Crippen molar-refractivity contribution in [3.05, 3.63) is 21.9 Å². The Labute approximate surface area is 101 Å². The van der Waals surface area contributed by atoms with Crippen molar-refractivity contribution in [1.29, 1.82) is 0 Å². The highest BCUT2D eigenvalue weighted by Gasteiger charge is 1.97. The van der Waals surface area contributed by atoms with E-state index in [-0.39, 0.29) is 6.61 Å². The lowest BCUT2D eigenvalue weighted by molar-refractivity contribution is 0.120. The van der Waals surface area contributed by atoms with Crippen LogP contribution in [0.1, 0.15) is 35.9 Å². The normalized spacial score (nSPS) is 9.88. The van der Waals surface area contributed by atoms with Gasteiger partial charge < -0.3 is 9.84 Å². The molecule has 0 aliphatic carbocycles. The predicted molar refractivity (Wildman–Crippen MR) is 67.5 cm³/mol. The summed E-state index contributed by atoms with van der Waals surface area (Å²) in [7, 11) is 0. The van der Waals surface area contributed by atoms with Gasteiger partial charge in [0.25, 0.3) is 0 Å². The first-order chi connectivity index (χ1) is 7.86. The Morgan fingerprint density at radius 1 is 1.44 bits per heavy atom. The standard InChI is InChI=1S/C13H18O2S/c1-2-3-10-15-11-13-8-7-12(16-13)6-4-5-9-14/h7-8,14H,2-3,5,9-11H2,1H3. The molecule has 16 heavy (non-hydrogen) atoms. The average Bonchev–Trinajstić information content (AvgIpc) is 2.73. The minimum atomic E-state index is 0.130. The maximum Gasteiger partial charge on any atom is 0.0809 e. The predicted octanol–water partition coefficient (Wildman–Crippen LogP) is 2.80. The van der Waals surface area contributed by atoms with Crippen LogP contribution in [0.15, 0.2) is 12.1 Å². The van der Waals surface area contributed by atoms with Crippen LogP contribution in [0.2, 0.25) is 0 Å². The number of hydrogen-bond acceptors (Lipinski definition) is 3. The summed E-state index contributed by atoms with van der Waals surface area (Å²) in [5, 5.41) is 8.60. The molecule has 2 nitrogen and oxygen atoms in total. The van der Waals surface area contributed by atoms with Gasteiger partial charge in [-0.3, -0.25) is 0 Å². The lowest BCUT2D eigenvalue weighted by Gasteiger charge is -1.99. The van der Waals surface area contributed by atoms with Gasteiger partial charge in [0.1, 0.15) is 0 Å². The van der Waals surface area contributed by atoms with Crippen LogP contribution in [-0.2, 0) is 11.3 Å². The van der Waals surface area contributed by atoms with Gasteiger partial charge in [-0.25, -0.2) is 0 Å². The van der Waals surface area contributed by atoms with E-state index in [2.05, 4.69) is 24.8 Å². The summed E-state index contributed by atoms with van der Waals surface area (Å²) >= 11 is 1.66. The minimum absolute atomic E-state index is 0.130. The molecule has 1 rings (SSSR count). The summed E-state index contributed by atoms with van der Waals surface area (Å²) in [4.78, 5) is 2.26. The molecule has 0 bridgehead atoms. The quantitative estimate of drug-likeness (QED) is 0.610. The molecule has 0 aromatic carbocycles. The molecule has 0 aliphatic heterocycles. The smallest absolute Gasteiger partial charge is 0.0809 e. The number of aliphatic hydroxyl groups excluding tert-OH is 1. The molecule has 1 aromatic rings. The van der Waals surface area contributed by atoms with E-state index >= 15 is 0 Å². The van der Waals surface area contributed by atoms with Crippen molar-refractivity contribution in [1.82, 2.24) is 0 Å².